The minimum Gasteiger partial charge on any atom is -0.350 e. The van der Waals surface area contributed by atoms with Crippen molar-refractivity contribution in [3.63, 3.8) is 0 Å². The standard InChI is InChI=1S/C24H29ClF3N5O/c1-15-4-7-29-17(3)21(15)23(34)31-8-5-19(6-9-31)32-10-11-33(16(2)14-32)22-20(25)12-18(13-30-22)24(26,27)28/h4,7,12-13,16,19H,5-6,8-11,14H2,1-3H3/t16-/m0/s1. The van der Waals surface area contributed by atoms with E-state index in [1.54, 1.807) is 6.20 Å². The van der Waals surface area contributed by atoms with E-state index in [4.69, 9.17) is 11.6 Å². The van der Waals surface area contributed by atoms with Crippen LogP contribution in [0.1, 0.15) is 46.9 Å². The van der Waals surface area contributed by atoms with Crippen molar-refractivity contribution in [1.29, 1.82) is 0 Å². The maximum atomic E-state index is 13.1. The number of carbonyl (C=O) groups is 1. The third-order valence-electron chi connectivity index (χ3n) is 6.91. The van der Waals surface area contributed by atoms with E-state index >= 15 is 0 Å². The number of likely N-dealkylation sites (tertiary alicyclic amines) is 1. The van der Waals surface area contributed by atoms with Crippen LogP contribution >= 0.6 is 11.6 Å². The van der Waals surface area contributed by atoms with Gasteiger partial charge in [-0.2, -0.15) is 13.2 Å². The van der Waals surface area contributed by atoms with Crippen molar-refractivity contribution in [3.05, 3.63) is 51.9 Å². The molecule has 10 heteroatoms. The molecule has 2 aromatic heterocycles. The molecule has 0 aliphatic carbocycles. The van der Waals surface area contributed by atoms with Crippen molar-refractivity contribution >= 4 is 23.3 Å². The van der Waals surface area contributed by atoms with Gasteiger partial charge in [0.2, 0.25) is 0 Å². The summed E-state index contributed by atoms with van der Waals surface area (Å²) in [6.07, 6.45) is -0.128. The van der Waals surface area contributed by atoms with Gasteiger partial charge in [-0.1, -0.05) is 11.6 Å². The highest BCUT2D eigenvalue weighted by Crippen LogP contribution is 2.35. The van der Waals surface area contributed by atoms with Gasteiger partial charge in [-0.25, -0.2) is 4.98 Å². The summed E-state index contributed by atoms with van der Waals surface area (Å²) < 4.78 is 38.8. The number of piperidine rings is 1. The summed E-state index contributed by atoms with van der Waals surface area (Å²) in [6.45, 7) is 9.39. The first kappa shape index (κ1) is 24.7. The van der Waals surface area contributed by atoms with Gasteiger partial charge >= 0.3 is 6.18 Å². The van der Waals surface area contributed by atoms with Crippen molar-refractivity contribution in [3.8, 4) is 0 Å². The molecule has 0 bridgehead atoms. The lowest BCUT2D eigenvalue weighted by atomic mass is 9.99. The summed E-state index contributed by atoms with van der Waals surface area (Å²) in [5.74, 6) is 0.437. The lowest BCUT2D eigenvalue weighted by molar-refractivity contribution is -0.137. The summed E-state index contributed by atoms with van der Waals surface area (Å²) in [4.78, 5) is 27.7. The molecule has 1 atom stereocenters. The third-order valence-corrected chi connectivity index (χ3v) is 7.19. The van der Waals surface area contributed by atoms with Crippen molar-refractivity contribution < 1.29 is 18.0 Å². The quantitative estimate of drug-likeness (QED) is 0.624. The van der Waals surface area contributed by atoms with E-state index in [0.29, 0.717) is 37.1 Å². The van der Waals surface area contributed by atoms with Gasteiger partial charge in [0.05, 0.1) is 21.8 Å². The molecule has 0 saturated carbocycles. The van der Waals surface area contributed by atoms with Crippen molar-refractivity contribution in [2.24, 2.45) is 0 Å². The predicted octanol–water partition coefficient (Wildman–Crippen LogP) is 4.58. The van der Waals surface area contributed by atoms with Crippen molar-refractivity contribution in [1.82, 2.24) is 19.8 Å². The molecular formula is C24H29ClF3N5O. The van der Waals surface area contributed by atoms with E-state index in [1.807, 2.05) is 36.6 Å². The first-order valence-corrected chi connectivity index (χ1v) is 11.9. The number of hydrogen-bond acceptors (Lipinski definition) is 5. The summed E-state index contributed by atoms with van der Waals surface area (Å²) in [7, 11) is 0. The Bertz CT molecular complexity index is 1040. The van der Waals surface area contributed by atoms with Gasteiger partial charge in [0.15, 0.2) is 0 Å². The predicted molar refractivity (Wildman–Crippen MR) is 125 cm³/mol. The van der Waals surface area contributed by atoms with Gasteiger partial charge in [0, 0.05) is 57.2 Å². The van der Waals surface area contributed by atoms with Crippen molar-refractivity contribution in [2.75, 3.05) is 37.6 Å². The summed E-state index contributed by atoms with van der Waals surface area (Å²) in [6, 6.07) is 3.23. The zero-order chi connectivity index (χ0) is 24.6. The Morgan fingerprint density at radius 1 is 1.12 bits per heavy atom. The Balaban J connectivity index is 1.36. The number of alkyl halides is 3. The molecular weight excluding hydrogens is 467 g/mol. The zero-order valence-corrected chi connectivity index (χ0v) is 20.3. The second kappa shape index (κ2) is 9.70. The van der Waals surface area contributed by atoms with Crippen LogP contribution in [0.4, 0.5) is 19.0 Å². The Kier molecular flexibility index (Phi) is 7.05. The maximum absolute atomic E-state index is 13.1. The topological polar surface area (TPSA) is 52.6 Å². The molecule has 2 aliphatic rings. The first-order valence-electron chi connectivity index (χ1n) is 11.5. The van der Waals surface area contributed by atoms with Crippen LogP contribution in [-0.2, 0) is 6.18 Å². The SMILES string of the molecule is Cc1ccnc(C)c1C(=O)N1CCC(N2CCN(c3ncc(C(F)(F)F)cc3Cl)[C@@H](C)C2)CC1. The lowest BCUT2D eigenvalue weighted by Gasteiger charge is -2.46. The molecule has 0 radical (unpaired) electrons. The Morgan fingerprint density at radius 3 is 2.41 bits per heavy atom. The largest absolute Gasteiger partial charge is 0.417 e. The number of halogens is 4. The number of aryl methyl sites for hydroxylation is 2. The number of amides is 1. The number of nitrogens with zero attached hydrogens (tertiary/aromatic N) is 5. The van der Waals surface area contributed by atoms with Gasteiger partial charge in [0.25, 0.3) is 5.91 Å². The smallest absolute Gasteiger partial charge is 0.350 e. The molecule has 2 aromatic rings. The van der Waals surface area contributed by atoms with Crippen LogP contribution in [0.5, 0.6) is 0 Å². The maximum Gasteiger partial charge on any atom is 0.417 e. The molecule has 0 N–H and O–H groups in total. The van der Waals surface area contributed by atoms with Gasteiger partial charge < -0.3 is 9.80 Å². The highest BCUT2D eigenvalue weighted by molar-refractivity contribution is 6.33. The minimum absolute atomic E-state index is 0.0166. The van der Waals surface area contributed by atoms with Gasteiger partial charge in [-0.15, -0.1) is 0 Å². The molecule has 0 spiro atoms. The molecule has 34 heavy (non-hydrogen) atoms. The highest BCUT2D eigenvalue weighted by atomic mass is 35.5. The minimum atomic E-state index is -4.47. The van der Waals surface area contributed by atoms with Gasteiger partial charge in [-0.05, 0) is 51.3 Å². The Morgan fingerprint density at radius 2 is 1.82 bits per heavy atom. The number of pyridine rings is 2. The van der Waals surface area contributed by atoms with E-state index in [-0.39, 0.29) is 17.0 Å². The summed E-state index contributed by atoms with van der Waals surface area (Å²) in [5.41, 5.74) is 1.56. The molecule has 4 rings (SSSR count). The first-order chi connectivity index (χ1) is 16.1. The van der Waals surface area contributed by atoms with Crippen LogP contribution in [-0.4, -0.2) is 70.5 Å². The molecule has 1 amide bonds. The highest BCUT2D eigenvalue weighted by Gasteiger charge is 2.35. The third kappa shape index (κ3) is 5.00. The second-order valence-electron chi connectivity index (χ2n) is 9.18. The number of rotatable bonds is 3. The molecule has 2 aliphatic heterocycles. The van der Waals surface area contributed by atoms with E-state index in [2.05, 4.69) is 14.9 Å². The van der Waals surface area contributed by atoms with Crippen LogP contribution in [0.3, 0.4) is 0 Å². The Labute approximate surface area is 202 Å². The fourth-order valence-electron chi connectivity index (χ4n) is 5.04. The van der Waals surface area contributed by atoms with E-state index in [1.165, 1.54) is 0 Å². The zero-order valence-electron chi connectivity index (χ0n) is 19.6. The fraction of sp³-hybridized carbons (Fsp3) is 0.542. The summed E-state index contributed by atoms with van der Waals surface area (Å²) >= 11 is 6.18. The van der Waals surface area contributed by atoms with Crippen LogP contribution in [0.2, 0.25) is 5.02 Å². The van der Waals surface area contributed by atoms with Gasteiger partial charge in [-0.3, -0.25) is 14.7 Å². The van der Waals surface area contributed by atoms with E-state index in [0.717, 1.165) is 49.5 Å². The molecule has 184 valence electrons. The number of aromatic nitrogens is 2. The molecule has 2 fully saturated rings. The molecule has 6 nitrogen and oxygen atoms in total. The number of piperazine rings is 1. The van der Waals surface area contributed by atoms with Crippen LogP contribution in [0.15, 0.2) is 24.5 Å². The lowest BCUT2D eigenvalue weighted by Crippen LogP contribution is -2.57. The average Bonchev–Trinajstić information content (AvgIpc) is 2.78. The number of anilines is 1. The fourth-order valence-corrected chi connectivity index (χ4v) is 5.31. The van der Waals surface area contributed by atoms with E-state index < -0.39 is 11.7 Å². The normalized spacial score (nSPS) is 20.6. The monoisotopic (exact) mass is 495 g/mol. The van der Waals surface area contributed by atoms with Gasteiger partial charge in [0.1, 0.15) is 5.82 Å². The molecule has 4 heterocycles. The van der Waals surface area contributed by atoms with E-state index in [9.17, 15) is 18.0 Å². The Hall–Kier alpha value is -2.39. The second-order valence-corrected chi connectivity index (χ2v) is 9.58. The molecule has 2 saturated heterocycles. The average molecular weight is 496 g/mol. The van der Waals surface area contributed by atoms with Crippen LogP contribution < -0.4 is 4.90 Å². The van der Waals surface area contributed by atoms with Crippen LogP contribution in [0.25, 0.3) is 0 Å². The van der Waals surface area contributed by atoms with Crippen molar-refractivity contribution in [2.45, 2.75) is 51.9 Å². The van der Waals surface area contributed by atoms with Crippen LogP contribution in [0, 0.1) is 13.8 Å². The summed E-state index contributed by atoms with van der Waals surface area (Å²) in [5, 5.41) is 0.0166. The molecule has 0 unspecified atom stereocenters. The molecule has 0 aromatic carbocycles. The number of hydrogen-bond donors (Lipinski definition) is 0. The number of carbonyl (C=O) groups excluding carboxylic acids is 1.